The van der Waals surface area contributed by atoms with Crippen molar-refractivity contribution >= 4 is 39.9 Å². The molecule has 1 amide bonds. The van der Waals surface area contributed by atoms with Gasteiger partial charge in [0.25, 0.3) is 5.91 Å². The van der Waals surface area contributed by atoms with Gasteiger partial charge in [0.1, 0.15) is 11.6 Å². The number of alkyl halides is 5. The van der Waals surface area contributed by atoms with Crippen LogP contribution in [-0.4, -0.2) is 90.0 Å². The SMILES string of the molecule is COC1CCN(CCc2nc3ccc(C4=CN(c5ccc(OC(F)F)cc5)C5=NC(N)(NCC(F)(F)F)NC(=O)C5=N4)cc3n2C)C1. The molecule has 0 spiro atoms. The Kier molecular flexibility index (Phi) is 8.73. The fourth-order valence-electron chi connectivity index (χ4n) is 5.70. The van der Waals surface area contributed by atoms with Gasteiger partial charge in [-0.1, -0.05) is 6.07 Å². The summed E-state index contributed by atoms with van der Waals surface area (Å²) in [4.78, 5) is 30.6. The fraction of sp³-hybridized carbons (Fsp3) is 0.400. The number of anilines is 1. The molecule has 4 heterocycles. The normalized spacial score (nSPS) is 21.9. The molecule has 2 atom stereocenters. The second-order valence-electron chi connectivity index (χ2n) is 11.3. The van der Waals surface area contributed by atoms with Gasteiger partial charge >= 0.3 is 12.8 Å². The Balaban J connectivity index is 1.34. The molecule has 3 aliphatic heterocycles. The highest BCUT2D eigenvalue weighted by Gasteiger charge is 2.42. The maximum atomic E-state index is 13.3. The molecule has 0 saturated carbocycles. The third kappa shape index (κ3) is 7.12. The van der Waals surface area contributed by atoms with Crippen LogP contribution in [0.15, 0.2) is 58.6 Å². The summed E-state index contributed by atoms with van der Waals surface area (Å²) >= 11 is 0. The largest absolute Gasteiger partial charge is 0.435 e. The predicted octanol–water partition coefficient (Wildman–Crippen LogP) is 2.95. The van der Waals surface area contributed by atoms with Crippen LogP contribution >= 0.6 is 0 Å². The van der Waals surface area contributed by atoms with Crippen LogP contribution in [0.2, 0.25) is 0 Å². The first-order valence-electron chi connectivity index (χ1n) is 14.7. The van der Waals surface area contributed by atoms with E-state index in [0.717, 1.165) is 49.3 Å². The van der Waals surface area contributed by atoms with E-state index < -0.39 is 31.2 Å². The minimum Gasteiger partial charge on any atom is -0.435 e. The zero-order valence-corrected chi connectivity index (χ0v) is 25.4. The molecule has 3 aromatic rings. The number of fused-ring (bicyclic) bond motifs is 2. The third-order valence-corrected chi connectivity index (χ3v) is 8.11. The van der Waals surface area contributed by atoms with Crippen LogP contribution in [0.25, 0.3) is 16.7 Å². The Hall–Kier alpha value is -4.45. The first-order chi connectivity index (χ1) is 22.3. The Morgan fingerprint density at radius 3 is 2.64 bits per heavy atom. The number of rotatable bonds is 10. The molecule has 17 heteroatoms. The fourth-order valence-corrected chi connectivity index (χ4v) is 5.70. The molecule has 2 aromatic carbocycles. The topological polar surface area (TPSA) is 135 Å². The van der Waals surface area contributed by atoms with Gasteiger partial charge in [-0.2, -0.15) is 22.0 Å². The van der Waals surface area contributed by atoms with Crippen LogP contribution in [-0.2, 0) is 23.0 Å². The number of benzene rings is 2. The molecule has 0 aliphatic carbocycles. The van der Waals surface area contributed by atoms with Crippen LogP contribution in [0.4, 0.5) is 27.6 Å². The molecule has 2 unspecified atom stereocenters. The summed E-state index contributed by atoms with van der Waals surface area (Å²) in [6.45, 7) is -1.92. The number of aryl methyl sites for hydroxylation is 1. The lowest BCUT2D eigenvalue weighted by atomic mass is 10.1. The summed E-state index contributed by atoms with van der Waals surface area (Å²) in [5.41, 5.74) is 8.66. The lowest BCUT2D eigenvalue weighted by Crippen LogP contribution is -2.71. The highest BCUT2D eigenvalue weighted by atomic mass is 19.4. The van der Waals surface area contributed by atoms with Crippen molar-refractivity contribution < 1.29 is 36.2 Å². The quantitative estimate of drug-likeness (QED) is 0.223. The van der Waals surface area contributed by atoms with Gasteiger partial charge in [0.2, 0.25) is 5.91 Å². The number of aliphatic imine (C=N–C) groups is 2. The lowest BCUT2D eigenvalue weighted by molar-refractivity contribution is -0.132. The number of amides is 1. The van der Waals surface area contributed by atoms with Gasteiger partial charge in [0, 0.05) is 57.7 Å². The van der Waals surface area contributed by atoms with Gasteiger partial charge in [-0.25, -0.2) is 15.0 Å². The number of amidine groups is 1. The smallest absolute Gasteiger partial charge is 0.401 e. The van der Waals surface area contributed by atoms with E-state index in [1.54, 1.807) is 13.2 Å². The summed E-state index contributed by atoms with van der Waals surface area (Å²) in [6.07, 6.45) is -1.15. The molecular formula is C30H32F5N9O3. The molecule has 1 saturated heterocycles. The van der Waals surface area contributed by atoms with Crippen molar-refractivity contribution in [3.63, 3.8) is 0 Å². The molecule has 0 radical (unpaired) electrons. The standard InChI is InChI=1S/C30H32F5N9O3/c1-42-23-13-17(3-8-21(23)38-24(42)10-12-43-11-9-20(14-43)46-2)22-15-44(18-4-6-19(7-5-18)47-28(31)32)26-25(39-22)27(45)41-30(36,40-26)37-16-29(33,34)35/h3-8,13,15,20,28,37H,9-12,14,16,36H2,1-2H3,(H,41,45). The second kappa shape index (κ2) is 12.6. The second-order valence-corrected chi connectivity index (χ2v) is 11.3. The van der Waals surface area contributed by atoms with Gasteiger partial charge in [-0.15, -0.1) is 0 Å². The lowest BCUT2D eigenvalue weighted by Gasteiger charge is -2.37. The van der Waals surface area contributed by atoms with E-state index in [9.17, 15) is 26.7 Å². The van der Waals surface area contributed by atoms with Crippen molar-refractivity contribution in [3.05, 3.63) is 60.1 Å². The van der Waals surface area contributed by atoms with E-state index in [4.69, 9.17) is 15.5 Å². The number of nitrogens with one attached hydrogen (secondary N) is 2. The number of carbonyl (C=O) groups is 1. The van der Waals surface area contributed by atoms with E-state index in [1.807, 2.05) is 29.1 Å². The molecule has 1 fully saturated rings. The summed E-state index contributed by atoms with van der Waals surface area (Å²) in [6, 6.07) is 10.9. The van der Waals surface area contributed by atoms with Crippen molar-refractivity contribution in [1.82, 2.24) is 25.1 Å². The molecule has 3 aliphatic rings. The number of nitrogens with two attached hydrogens (primary N) is 1. The highest BCUT2D eigenvalue weighted by molar-refractivity contribution is 6.70. The van der Waals surface area contributed by atoms with Crippen LogP contribution in [0.5, 0.6) is 5.75 Å². The first kappa shape index (κ1) is 32.5. The average molecular weight is 662 g/mol. The van der Waals surface area contributed by atoms with Crippen molar-refractivity contribution in [2.75, 3.05) is 38.2 Å². The Morgan fingerprint density at radius 2 is 1.96 bits per heavy atom. The van der Waals surface area contributed by atoms with Crippen LogP contribution in [0, 0.1) is 0 Å². The van der Waals surface area contributed by atoms with Crippen molar-refractivity contribution in [2.24, 2.45) is 22.8 Å². The Morgan fingerprint density at radius 1 is 1.19 bits per heavy atom. The van der Waals surface area contributed by atoms with Gasteiger partial charge in [0.15, 0.2) is 11.5 Å². The molecule has 0 bridgehead atoms. The number of carbonyl (C=O) groups excluding carboxylic acids is 1. The van der Waals surface area contributed by atoms with E-state index in [-0.39, 0.29) is 23.4 Å². The number of halogens is 5. The number of aromatic nitrogens is 2. The van der Waals surface area contributed by atoms with Crippen molar-refractivity contribution in [3.8, 4) is 5.75 Å². The summed E-state index contributed by atoms with van der Waals surface area (Å²) in [5, 5.41) is 4.27. The van der Waals surface area contributed by atoms with E-state index in [0.29, 0.717) is 16.9 Å². The van der Waals surface area contributed by atoms with Crippen molar-refractivity contribution in [2.45, 2.75) is 37.6 Å². The molecule has 6 rings (SSSR count). The zero-order chi connectivity index (χ0) is 33.5. The van der Waals surface area contributed by atoms with Crippen LogP contribution < -0.4 is 26.0 Å². The van der Waals surface area contributed by atoms with Gasteiger partial charge in [-0.05, 0) is 42.8 Å². The summed E-state index contributed by atoms with van der Waals surface area (Å²) in [7, 11) is 3.64. The molecule has 250 valence electrons. The number of methoxy groups -OCH3 is 1. The predicted molar refractivity (Wildman–Crippen MR) is 164 cm³/mol. The van der Waals surface area contributed by atoms with Gasteiger partial charge in [0.05, 0.1) is 29.4 Å². The highest BCUT2D eigenvalue weighted by Crippen LogP contribution is 2.31. The molecule has 4 N–H and O–H groups in total. The minimum absolute atomic E-state index is 0.122. The number of nitrogens with zero attached hydrogens (tertiary/aromatic N) is 6. The molecular weight excluding hydrogens is 629 g/mol. The Labute approximate surface area is 265 Å². The molecule has 12 nitrogen and oxygen atoms in total. The number of hydrogen-bond donors (Lipinski definition) is 3. The number of imidazole rings is 1. The van der Waals surface area contributed by atoms with Gasteiger partial charge < -0.3 is 24.3 Å². The number of likely N-dealkylation sites (tertiary alicyclic amines) is 1. The number of hydrogen-bond acceptors (Lipinski definition) is 10. The molecule has 1 aromatic heterocycles. The Bertz CT molecular complexity index is 1760. The van der Waals surface area contributed by atoms with Crippen LogP contribution in [0.1, 0.15) is 17.8 Å². The average Bonchev–Trinajstić information content (AvgIpc) is 3.62. The molecule has 47 heavy (non-hydrogen) atoms. The maximum Gasteiger partial charge on any atom is 0.401 e. The monoisotopic (exact) mass is 661 g/mol. The van der Waals surface area contributed by atoms with Gasteiger partial charge in [-0.3, -0.25) is 20.7 Å². The summed E-state index contributed by atoms with van der Waals surface area (Å²) in [5.74, 6) is -2.57. The first-order valence-corrected chi connectivity index (χ1v) is 14.7. The maximum absolute atomic E-state index is 13.3. The zero-order valence-electron chi connectivity index (χ0n) is 25.4. The summed E-state index contributed by atoms with van der Waals surface area (Å²) < 4.78 is 76.4. The number of ether oxygens (including phenoxy) is 2. The van der Waals surface area contributed by atoms with Crippen molar-refractivity contribution in [1.29, 1.82) is 0 Å². The minimum atomic E-state index is -4.64. The van der Waals surface area contributed by atoms with E-state index in [2.05, 4.69) is 24.9 Å². The van der Waals surface area contributed by atoms with Crippen LogP contribution in [0.3, 0.4) is 0 Å². The van der Waals surface area contributed by atoms with E-state index >= 15 is 0 Å². The third-order valence-electron chi connectivity index (χ3n) is 8.11. The van der Waals surface area contributed by atoms with E-state index in [1.165, 1.54) is 35.4 Å².